The first-order chi connectivity index (χ1) is 7.17. The predicted octanol–water partition coefficient (Wildman–Crippen LogP) is -0.408. The molecule has 1 aromatic rings. The van der Waals surface area contributed by atoms with Crippen LogP contribution in [-0.4, -0.2) is 46.5 Å². The molecule has 0 saturated carbocycles. The summed E-state index contributed by atoms with van der Waals surface area (Å²) in [5.41, 5.74) is 0.888. The molecule has 1 aromatic heterocycles. The van der Waals surface area contributed by atoms with Gasteiger partial charge in [-0.2, -0.15) is 4.98 Å². The highest BCUT2D eigenvalue weighted by Crippen LogP contribution is 2.11. The van der Waals surface area contributed by atoms with Crippen molar-refractivity contribution < 1.29 is 10.2 Å². The molecule has 0 amide bonds. The average Bonchev–Trinajstić information content (AvgIpc) is 2.27. The van der Waals surface area contributed by atoms with E-state index in [1.807, 2.05) is 6.92 Å². The van der Waals surface area contributed by atoms with E-state index in [-0.39, 0.29) is 13.2 Å². The van der Waals surface area contributed by atoms with E-state index in [4.69, 9.17) is 10.2 Å². The SMILES string of the molecule is CNc1ncc(C)c(NCC(O)CO)n1. The van der Waals surface area contributed by atoms with Crippen molar-refractivity contribution in [2.24, 2.45) is 0 Å². The van der Waals surface area contributed by atoms with Gasteiger partial charge in [0.1, 0.15) is 5.82 Å². The van der Waals surface area contributed by atoms with E-state index in [9.17, 15) is 0 Å². The van der Waals surface area contributed by atoms with Crippen LogP contribution in [0.2, 0.25) is 0 Å². The summed E-state index contributed by atoms with van der Waals surface area (Å²) >= 11 is 0. The molecule has 0 spiro atoms. The van der Waals surface area contributed by atoms with Crippen LogP contribution in [0.4, 0.5) is 11.8 Å². The molecular formula is C9H16N4O2. The van der Waals surface area contributed by atoms with Crippen LogP contribution in [0.3, 0.4) is 0 Å². The minimum atomic E-state index is -0.780. The standard InChI is InChI=1S/C9H16N4O2/c1-6-3-12-9(10-2)13-8(6)11-4-7(15)5-14/h3,7,14-15H,4-5H2,1-2H3,(H2,10,11,12,13). The number of rotatable bonds is 5. The number of nitrogens with zero attached hydrogens (tertiary/aromatic N) is 2. The third kappa shape index (κ3) is 3.34. The zero-order valence-corrected chi connectivity index (χ0v) is 8.86. The molecule has 1 unspecified atom stereocenters. The van der Waals surface area contributed by atoms with Gasteiger partial charge in [0.05, 0.1) is 12.7 Å². The molecule has 84 valence electrons. The van der Waals surface area contributed by atoms with Gasteiger partial charge >= 0.3 is 0 Å². The third-order valence-electron chi connectivity index (χ3n) is 1.91. The van der Waals surface area contributed by atoms with Crippen LogP contribution < -0.4 is 10.6 Å². The summed E-state index contributed by atoms with van der Waals surface area (Å²) in [6.45, 7) is 1.86. The van der Waals surface area contributed by atoms with Crippen molar-refractivity contribution in [3.8, 4) is 0 Å². The Kier molecular flexibility index (Phi) is 4.26. The highest BCUT2D eigenvalue weighted by atomic mass is 16.3. The molecule has 0 saturated heterocycles. The number of hydrogen-bond donors (Lipinski definition) is 4. The van der Waals surface area contributed by atoms with Gasteiger partial charge in [0.25, 0.3) is 0 Å². The number of nitrogens with one attached hydrogen (secondary N) is 2. The van der Waals surface area contributed by atoms with Crippen molar-refractivity contribution in [1.29, 1.82) is 0 Å². The Bertz CT molecular complexity index is 319. The van der Waals surface area contributed by atoms with E-state index in [1.165, 1.54) is 0 Å². The van der Waals surface area contributed by atoms with Crippen molar-refractivity contribution in [2.75, 3.05) is 30.8 Å². The number of aromatic nitrogens is 2. The summed E-state index contributed by atoms with van der Waals surface area (Å²) in [6, 6.07) is 0. The third-order valence-corrected chi connectivity index (χ3v) is 1.91. The first kappa shape index (κ1) is 11.7. The first-order valence-electron chi connectivity index (χ1n) is 4.71. The molecule has 6 nitrogen and oxygen atoms in total. The summed E-state index contributed by atoms with van der Waals surface area (Å²) < 4.78 is 0. The number of aryl methyl sites for hydroxylation is 1. The zero-order valence-electron chi connectivity index (χ0n) is 8.86. The van der Waals surface area contributed by atoms with E-state index in [2.05, 4.69) is 20.6 Å². The summed E-state index contributed by atoms with van der Waals surface area (Å²) in [4.78, 5) is 8.20. The lowest BCUT2D eigenvalue weighted by molar-refractivity contribution is 0.105. The Morgan fingerprint density at radius 2 is 2.27 bits per heavy atom. The molecule has 0 radical (unpaired) electrons. The van der Waals surface area contributed by atoms with E-state index >= 15 is 0 Å². The van der Waals surface area contributed by atoms with Crippen LogP contribution in [0.5, 0.6) is 0 Å². The fourth-order valence-corrected chi connectivity index (χ4v) is 1.02. The van der Waals surface area contributed by atoms with Crippen molar-refractivity contribution >= 4 is 11.8 Å². The van der Waals surface area contributed by atoms with Crippen LogP contribution in [0.25, 0.3) is 0 Å². The maximum absolute atomic E-state index is 9.17. The maximum Gasteiger partial charge on any atom is 0.224 e. The quantitative estimate of drug-likeness (QED) is 0.530. The van der Waals surface area contributed by atoms with Crippen molar-refractivity contribution in [3.05, 3.63) is 11.8 Å². The van der Waals surface area contributed by atoms with Crippen LogP contribution in [-0.2, 0) is 0 Å². The van der Waals surface area contributed by atoms with Crippen molar-refractivity contribution in [3.63, 3.8) is 0 Å². The maximum atomic E-state index is 9.17. The highest BCUT2D eigenvalue weighted by molar-refractivity contribution is 5.46. The lowest BCUT2D eigenvalue weighted by Crippen LogP contribution is -2.23. The van der Waals surface area contributed by atoms with Gasteiger partial charge in [-0.25, -0.2) is 4.98 Å². The van der Waals surface area contributed by atoms with Gasteiger partial charge in [0.15, 0.2) is 0 Å². The Balaban J connectivity index is 2.66. The second-order valence-corrected chi connectivity index (χ2v) is 3.19. The van der Waals surface area contributed by atoms with Gasteiger partial charge in [-0.15, -0.1) is 0 Å². The van der Waals surface area contributed by atoms with Gasteiger partial charge in [-0.3, -0.25) is 0 Å². The van der Waals surface area contributed by atoms with Crippen LogP contribution >= 0.6 is 0 Å². The molecule has 1 atom stereocenters. The van der Waals surface area contributed by atoms with Crippen molar-refractivity contribution in [1.82, 2.24) is 9.97 Å². The fourth-order valence-electron chi connectivity index (χ4n) is 1.02. The van der Waals surface area contributed by atoms with Crippen molar-refractivity contribution in [2.45, 2.75) is 13.0 Å². The molecule has 0 aliphatic carbocycles. The molecule has 1 heterocycles. The Morgan fingerprint density at radius 3 is 2.87 bits per heavy atom. The summed E-state index contributed by atoms with van der Waals surface area (Å²) in [6.07, 6.45) is 0.907. The average molecular weight is 212 g/mol. The molecule has 0 aromatic carbocycles. The summed E-state index contributed by atoms with van der Waals surface area (Å²) in [7, 11) is 1.73. The van der Waals surface area contributed by atoms with Crippen LogP contribution in [0.15, 0.2) is 6.20 Å². The van der Waals surface area contributed by atoms with Crippen LogP contribution in [0.1, 0.15) is 5.56 Å². The first-order valence-corrected chi connectivity index (χ1v) is 4.71. The molecule has 15 heavy (non-hydrogen) atoms. The highest BCUT2D eigenvalue weighted by Gasteiger charge is 2.05. The van der Waals surface area contributed by atoms with E-state index < -0.39 is 6.10 Å². The lowest BCUT2D eigenvalue weighted by Gasteiger charge is -2.11. The molecule has 0 fully saturated rings. The van der Waals surface area contributed by atoms with E-state index in [1.54, 1.807) is 13.2 Å². The molecule has 6 heteroatoms. The van der Waals surface area contributed by atoms with Gasteiger partial charge in [0.2, 0.25) is 5.95 Å². The fraction of sp³-hybridized carbons (Fsp3) is 0.556. The summed E-state index contributed by atoms with van der Waals surface area (Å²) in [5.74, 6) is 1.17. The minimum absolute atomic E-state index is 0.261. The van der Waals surface area contributed by atoms with E-state index in [0.717, 1.165) is 5.56 Å². The van der Waals surface area contributed by atoms with Gasteiger partial charge in [-0.1, -0.05) is 0 Å². The monoisotopic (exact) mass is 212 g/mol. The van der Waals surface area contributed by atoms with Gasteiger partial charge < -0.3 is 20.8 Å². The second-order valence-electron chi connectivity index (χ2n) is 3.19. The Morgan fingerprint density at radius 1 is 1.53 bits per heavy atom. The molecule has 1 rings (SSSR count). The normalized spacial score (nSPS) is 12.3. The number of anilines is 2. The van der Waals surface area contributed by atoms with Crippen LogP contribution in [0, 0.1) is 6.92 Å². The largest absolute Gasteiger partial charge is 0.394 e. The summed E-state index contributed by atoms with van der Waals surface area (Å²) in [5, 5.41) is 23.6. The lowest BCUT2D eigenvalue weighted by atomic mass is 10.3. The van der Waals surface area contributed by atoms with Gasteiger partial charge in [-0.05, 0) is 6.92 Å². The molecule has 4 N–H and O–H groups in total. The second kappa shape index (κ2) is 5.47. The smallest absolute Gasteiger partial charge is 0.224 e. The molecule has 0 aliphatic heterocycles. The minimum Gasteiger partial charge on any atom is -0.394 e. The topological polar surface area (TPSA) is 90.3 Å². The van der Waals surface area contributed by atoms with Gasteiger partial charge in [0, 0.05) is 25.4 Å². The number of aliphatic hydroxyl groups excluding tert-OH is 2. The Hall–Kier alpha value is -1.40. The Labute approximate surface area is 88.4 Å². The molecular weight excluding hydrogens is 196 g/mol. The zero-order chi connectivity index (χ0) is 11.3. The number of hydrogen-bond acceptors (Lipinski definition) is 6. The van der Waals surface area contributed by atoms with E-state index in [0.29, 0.717) is 11.8 Å². The predicted molar refractivity (Wildman–Crippen MR) is 57.9 cm³/mol. The molecule has 0 aliphatic rings. The number of aliphatic hydroxyl groups is 2. The molecule has 0 bridgehead atoms.